The number of nitrogens with one attached hydrogen (secondary N) is 1. The Hall–Kier alpha value is -2.43. The summed E-state index contributed by atoms with van der Waals surface area (Å²) in [6.07, 6.45) is 1.58. The molecule has 0 aliphatic heterocycles. The molecule has 0 unspecified atom stereocenters. The topological polar surface area (TPSA) is 59.4 Å². The van der Waals surface area contributed by atoms with Gasteiger partial charge >= 0.3 is 0 Å². The molecule has 5 nitrogen and oxygen atoms in total. The van der Waals surface area contributed by atoms with E-state index in [0.29, 0.717) is 5.95 Å². The first-order valence-corrected chi connectivity index (χ1v) is 5.94. The maximum Gasteiger partial charge on any atom is 0.228 e. The van der Waals surface area contributed by atoms with E-state index in [4.69, 9.17) is 0 Å². The lowest BCUT2D eigenvalue weighted by molar-refractivity contribution is 0.215. The van der Waals surface area contributed by atoms with Crippen LogP contribution in [0.15, 0.2) is 35.5 Å². The zero-order valence-corrected chi connectivity index (χ0v) is 11.2. The first-order chi connectivity index (χ1) is 9.20. The summed E-state index contributed by atoms with van der Waals surface area (Å²) in [6, 6.07) is 9.79. The standard InChI is InChI=1S/C14H16N4O/c1-10-11(2)16-14(18-13(10)9-15-19-3)17-12-7-5-4-6-8-12/h4-9H,1-3H3,(H,16,17,18). The fraction of sp³-hybridized carbons (Fsp3) is 0.214. The van der Waals surface area contributed by atoms with Crippen molar-refractivity contribution in [1.29, 1.82) is 0 Å². The number of aromatic nitrogens is 2. The number of anilines is 2. The number of para-hydroxylation sites is 1. The highest BCUT2D eigenvalue weighted by molar-refractivity contribution is 5.79. The van der Waals surface area contributed by atoms with Crippen LogP contribution in [0.1, 0.15) is 17.0 Å². The molecule has 1 heterocycles. The van der Waals surface area contributed by atoms with Gasteiger partial charge in [-0.3, -0.25) is 0 Å². The summed E-state index contributed by atoms with van der Waals surface area (Å²) in [5, 5.41) is 6.91. The van der Waals surface area contributed by atoms with E-state index in [1.807, 2.05) is 44.2 Å². The molecule has 0 bridgehead atoms. The average molecular weight is 256 g/mol. The molecule has 0 spiro atoms. The Morgan fingerprint density at radius 1 is 1.16 bits per heavy atom. The van der Waals surface area contributed by atoms with Crippen molar-refractivity contribution in [2.45, 2.75) is 13.8 Å². The van der Waals surface area contributed by atoms with E-state index in [2.05, 4.69) is 25.3 Å². The van der Waals surface area contributed by atoms with Crippen molar-refractivity contribution in [3.05, 3.63) is 47.3 Å². The number of hydrogen-bond donors (Lipinski definition) is 1. The summed E-state index contributed by atoms with van der Waals surface area (Å²) < 4.78 is 0. The first kappa shape index (κ1) is 13.0. The number of hydrogen-bond acceptors (Lipinski definition) is 5. The molecule has 2 rings (SSSR count). The van der Waals surface area contributed by atoms with Crippen LogP contribution in [0.2, 0.25) is 0 Å². The molecule has 1 aromatic carbocycles. The summed E-state index contributed by atoms with van der Waals surface area (Å²) in [4.78, 5) is 13.5. The van der Waals surface area contributed by atoms with E-state index in [9.17, 15) is 0 Å². The Morgan fingerprint density at radius 2 is 1.89 bits per heavy atom. The van der Waals surface area contributed by atoms with Crippen LogP contribution in [0, 0.1) is 13.8 Å². The minimum Gasteiger partial charge on any atom is -0.399 e. The second-order valence-electron chi connectivity index (χ2n) is 4.05. The predicted octanol–water partition coefficient (Wildman–Crippen LogP) is 2.82. The number of aryl methyl sites for hydroxylation is 1. The SMILES string of the molecule is CON=Cc1nc(Nc2ccccc2)nc(C)c1C. The van der Waals surface area contributed by atoms with Crippen molar-refractivity contribution in [2.75, 3.05) is 12.4 Å². The Kier molecular flexibility index (Phi) is 4.07. The number of nitrogens with zero attached hydrogens (tertiary/aromatic N) is 3. The Balaban J connectivity index is 2.31. The molecule has 0 amide bonds. The molecule has 0 saturated heterocycles. The minimum atomic E-state index is 0.548. The van der Waals surface area contributed by atoms with Gasteiger partial charge in [0.05, 0.1) is 11.9 Å². The van der Waals surface area contributed by atoms with Crippen molar-refractivity contribution in [1.82, 2.24) is 9.97 Å². The van der Waals surface area contributed by atoms with Gasteiger partial charge in [0.1, 0.15) is 7.11 Å². The van der Waals surface area contributed by atoms with Crippen LogP contribution in [-0.2, 0) is 4.84 Å². The minimum absolute atomic E-state index is 0.548. The van der Waals surface area contributed by atoms with Crippen LogP contribution in [0.5, 0.6) is 0 Å². The average Bonchev–Trinajstić information content (AvgIpc) is 2.42. The zero-order valence-electron chi connectivity index (χ0n) is 11.2. The molecule has 0 aliphatic carbocycles. The lowest BCUT2D eigenvalue weighted by Crippen LogP contribution is -2.05. The third kappa shape index (κ3) is 3.28. The van der Waals surface area contributed by atoms with Gasteiger partial charge in [0.15, 0.2) is 0 Å². The Morgan fingerprint density at radius 3 is 2.58 bits per heavy atom. The fourth-order valence-electron chi connectivity index (χ4n) is 1.59. The smallest absolute Gasteiger partial charge is 0.228 e. The summed E-state index contributed by atoms with van der Waals surface area (Å²) in [7, 11) is 1.50. The molecule has 5 heteroatoms. The molecule has 19 heavy (non-hydrogen) atoms. The lowest BCUT2D eigenvalue weighted by Gasteiger charge is -2.09. The molecule has 2 aromatic rings. The molecule has 98 valence electrons. The number of rotatable bonds is 4. The predicted molar refractivity (Wildman–Crippen MR) is 75.8 cm³/mol. The van der Waals surface area contributed by atoms with Crippen LogP contribution in [0.3, 0.4) is 0 Å². The van der Waals surface area contributed by atoms with E-state index in [0.717, 1.165) is 22.6 Å². The van der Waals surface area contributed by atoms with Crippen molar-refractivity contribution in [3.63, 3.8) is 0 Å². The van der Waals surface area contributed by atoms with E-state index in [1.54, 1.807) is 6.21 Å². The normalized spacial score (nSPS) is 10.7. The van der Waals surface area contributed by atoms with Gasteiger partial charge in [-0.25, -0.2) is 9.97 Å². The van der Waals surface area contributed by atoms with Crippen LogP contribution in [0.4, 0.5) is 11.6 Å². The molecule has 1 N–H and O–H groups in total. The van der Waals surface area contributed by atoms with Crippen LogP contribution < -0.4 is 5.32 Å². The monoisotopic (exact) mass is 256 g/mol. The number of benzene rings is 1. The summed E-state index contributed by atoms with van der Waals surface area (Å²) in [5.41, 5.74) is 3.58. The molecule has 1 aromatic heterocycles. The largest absolute Gasteiger partial charge is 0.399 e. The van der Waals surface area contributed by atoms with Gasteiger partial charge in [-0.1, -0.05) is 23.4 Å². The van der Waals surface area contributed by atoms with Crippen molar-refractivity contribution < 1.29 is 4.84 Å². The molecule has 0 atom stereocenters. The highest BCUT2D eigenvalue weighted by atomic mass is 16.6. The second kappa shape index (κ2) is 5.95. The number of oxime groups is 1. The van der Waals surface area contributed by atoms with E-state index in [1.165, 1.54) is 7.11 Å². The van der Waals surface area contributed by atoms with E-state index in [-0.39, 0.29) is 0 Å². The fourth-order valence-corrected chi connectivity index (χ4v) is 1.59. The maximum absolute atomic E-state index is 4.69. The highest BCUT2D eigenvalue weighted by Gasteiger charge is 2.06. The van der Waals surface area contributed by atoms with Crippen LogP contribution in [-0.4, -0.2) is 23.3 Å². The molecule has 0 saturated carbocycles. The van der Waals surface area contributed by atoms with Gasteiger partial charge in [-0.2, -0.15) is 0 Å². The van der Waals surface area contributed by atoms with Gasteiger partial charge in [-0.05, 0) is 31.5 Å². The second-order valence-corrected chi connectivity index (χ2v) is 4.05. The Labute approximate surface area is 112 Å². The lowest BCUT2D eigenvalue weighted by atomic mass is 10.2. The van der Waals surface area contributed by atoms with Crippen molar-refractivity contribution in [3.8, 4) is 0 Å². The van der Waals surface area contributed by atoms with Crippen molar-refractivity contribution in [2.24, 2.45) is 5.16 Å². The summed E-state index contributed by atoms with van der Waals surface area (Å²) in [5.74, 6) is 0.548. The maximum atomic E-state index is 4.69. The molecule has 0 fully saturated rings. The van der Waals surface area contributed by atoms with Gasteiger partial charge in [0.25, 0.3) is 0 Å². The quantitative estimate of drug-likeness (QED) is 0.675. The van der Waals surface area contributed by atoms with Crippen LogP contribution in [0.25, 0.3) is 0 Å². The third-order valence-corrected chi connectivity index (χ3v) is 2.74. The van der Waals surface area contributed by atoms with Crippen LogP contribution >= 0.6 is 0 Å². The zero-order chi connectivity index (χ0) is 13.7. The molecule has 0 aliphatic rings. The Bertz CT molecular complexity index is 581. The highest BCUT2D eigenvalue weighted by Crippen LogP contribution is 2.15. The molecular formula is C14H16N4O. The van der Waals surface area contributed by atoms with Gasteiger partial charge in [0, 0.05) is 11.4 Å². The van der Waals surface area contributed by atoms with Crippen molar-refractivity contribution >= 4 is 17.9 Å². The molecular weight excluding hydrogens is 240 g/mol. The van der Waals surface area contributed by atoms with Gasteiger partial charge in [0.2, 0.25) is 5.95 Å². The summed E-state index contributed by atoms with van der Waals surface area (Å²) in [6.45, 7) is 3.90. The van der Waals surface area contributed by atoms with E-state index < -0.39 is 0 Å². The first-order valence-electron chi connectivity index (χ1n) is 5.94. The summed E-state index contributed by atoms with van der Waals surface area (Å²) >= 11 is 0. The van der Waals surface area contributed by atoms with Gasteiger partial charge in [-0.15, -0.1) is 0 Å². The van der Waals surface area contributed by atoms with Gasteiger partial charge < -0.3 is 10.2 Å². The molecule has 0 radical (unpaired) electrons. The van der Waals surface area contributed by atoms with E-state index >= 15 is 0 Å². The third-order valence-electron chi connectivity index (χ3n) is 2.74.